The van der Waals surface area contributed by atoms with Gasteiger partial charge in [-0.05, 0) is 28.7 Å². The maximum atomic E-state index is 11.8. The van der Waals surface area contributed by atoms with Gasteiger partial charge in [0.2, 0.25) is 5.91 Å². The van der Waals surface area contributed by atoms with Crippen molar-refractivity contribution in [3.05, 3.63) is 70.8 Å². The summed E-state index contributed by atoms with van der Waals surface area (Å²) in [5.74, 6) is 1.05. The van der Waals surface area contributed by atoms with Gasteiger partial charge in [0, 0.05) is 59.3 Å². The first-order valence-electron chi connectivity index (χ1n) is 11.9. The highest BCUT2D eigenvalue weighted by Crippen LogP contribution is 2.15. The van der Waals surface area contributed by atoms with E-state index in [0.717, 1.165) is 58.3 Å². The van der Waals surface area contributed by atoms with E-state index in [0.29, 0.717) is 19.5 Å². The largest absolute Gasteiger partial charge is 0.379 e. The highest BCUT2D eigenvalue weighted by atomic mass is 127. The average molecular weight is 578 g/mol. The number of aliphatic imine (C=N–C) groups is 1. The second-order valence-corrected chi connectivity index (χ2v) is 8.67. The predicted molar refractivity (Wildman–Crippen MR) is 146 cm³/mol. The molecule has 0 radical (unpaired) electrons. The number of hydrogen-bond donors (Lipinski definition) is 2. The molecule has 1 amide bonds. The van der Waals surface area contributed by atoms with E-state index in [-0.39, 0.29) is 29.9 Å². The molecule has 0 atom stereocenters. The van der Waals surface area contributed by atoms with Crippen LogP contribution in [0.1, 0.15) is 35.1 Å². The van der Waals surface area contributed by atoms with Gasteiger partial charge in [-0.1, -0.05) is 48.5 Å². The predicted octanol–water partition coefficient (Wildman–Crippen LogP) is 3.12. The lowest BCUT2D eigenvalue weighted by Crippen LogP contribution is -2.37. The van der Waals surface area contributed by atoms with Crippen molar-refractivity contribution in [2.75, 3.05) is 39.9 Å². The van der Waals surface area contributed by atoms with Crippen molar-refractivity contribution >= 4 is 35.8 Å². The van der Waals surface area contributed by atoms with Gasteiger partial charge in [-0.25, -0.2) is 0 Å². The molecule has 0 spiro atoms. The minimum absolute atomic E-state index is 0. The normalized spacial score (nSPS) is 16.9. The first kappa shape index (κ1) is 26.4. The Bertz CT molecular complexity index is 944. The second-order valence-electron chi connectivity index (χ2n) is 8.67. The monoisotopic (exact) mass is 577 g/mol. The number of carbonyl (C=O) groups is 1. The third-order valence-electron chi connectivity index (χ3n) is 6.31. The second kappa shape index (κ2) is 13.7. The fraction of sp³-hybridized carbons (Fsp3) is 0.462. The van der Waals surface area contributed by atoms with Gasteiger partial charge in [-0.3, -0.25) is 14.7 Å². The van der Waals surface area contributed by atoms with E-state index in [9.17, 15) is 4.79 Å². The van der Waals surface area contributed by atoms with Crippen LogP contribution in [-0.4, -0.2) is 61.6 Å². The van der Waals surface area contributed by atoms with Crippen molar-refractivity contribution in [3.8, 4) is 0 Å². The fourth-order valence-electron chi connectivity index (χ4n) is 4.32. The molecule has 2 aliphatic heterocycles. The Morgan fingerprint density at radius 2 is 1.59 bits per heavy atom. The van der Waals surface area contributed by atoms with Crippen LogP contribution >= 0.6 is 24.0 Å². The lowest BCUT2D eigenvalue weighted by molar-refractivity contribution is -0.128. The number of benzene rings is 2. The Kier molecular flexibility index (Phi) is 10.6. The minimum atomic E-state index is 0. The SMILES string of the molecule is CN=C(NCc1ccc(CN2CCCC2=O)cc1)NCc1ccccc1CN1CCOCC1.I. The summed E-state index contributed by atoms with van der Waals surface area (Å²) < 4.78 is 5.47. The Labute approximate surface area is 220 Å². The molecule has 2 aliphatic rings. The zero-order chi connectivity index (χ0) is 22.9. The van der Waals surface area contributed by atoms with Crippen molar-refractivity contribution < 1.29 is 9.53 Å². The Morgan fingerprint density at radius 1 is 0.912 bits per heavy atom. The Morgan fingerprint density at radius 3 is 2.26 bits per heavy atom. The van der Waals surface area contributed by atoms with Gasteiger partial charge < -0.3 is 20.3 Å². The first-order valence-corrected chi connectivity index (χ1v) is 11.9. The lowest BCUT2D eigenvalue weighted by atomic mass is 10.1. The molecule has 0 saturated carbocycles. The zero-order valence-electron chi connectivity index (χ0n) is 20.0. The summed E-state index contributed by atoms with van der Waals surface area (Å²) >= 11 is 0. The number of nitrogens with one attached hydrogen (secondary N) is 2. The van der Waals surface area contributed by atoms with Crippen LogP contribution in [0.5, 0.6) is 0 Å². The van der Waals surface area contributed by atoms with Gasteiger partial charge in [-0.15, -0.1) is 24.0 Å². The van der Waals surface area contributed by atoms with Crippen molar-refractivity contribution in [3.63, 3.8) is 0 Å². The summed E-state index contributed by atoms with van der Waals surface area (Å²) in [5.41, 5.74) is 4.98. The molecule has 2 fully saturated rings. The van der Waals surface area contributed by atoms with Crippen LogP contribution in [0.4, 0.5) is 0 Å². The van der Waals surface area contributed by atoms with E-state index in [2.05, 4.69) is 69.1 Å². The standard InChI is InChI=1S/C26H35N5O2.HI/c1-27-26(28-17-21-8-10-22(11-9-21)19-31-12-4-7-25(31)32)29-18-23-5-2-3-6-24(23)20-30-13-15-33-16-14-30;/h2-3,5-6,8-11H,4,7,12-20H2,1H3,(H2,27,28,29);1H. The molecule has 0 aliphatic carbocycles. The van der Waals surface area contributed by atoms with Crippen LogP contribution in [0.25, 0.3) is 0 Å². The molecule has 0 aromatic heterocycles. The summed E-state index contributed by atoms with van der Waals surface area (Å²) in [6.45, 7) is 7.54. The van der Waals surface area contributed by atoms with E-state index >= 15 is 0 Å². The third-order valence-corrected chi connectivity index (χ3v) is 6.31. The van der Waals surface area contributed by atoms with Crippen LogP contribution in [-0.2, 0) is 35.7 Å². The molecule has 2 heterocycles. The smallest absolute Gasteiger partial charge is 0.222 e. The van der Waals surface area contributed by atoms with Crippen molar-refractivity contribution in [1.29, 1.82) is 0 Å². The number of likely N-dealkylation sites (tertiary alicyclic amines) is 1. The molecule has 4 rings (SSSR count). The van der Waals surface area contributed by atoms with E-state index in [1.165, 1.54) is 22.3 Å². The summed E-state index contributed by atoms with van der Waals surface area (Å²) in [6, 6.07) is 17.0. The number of hydrogen-bond acceptors (Lipinski definition) is 4. The molecule has 2 aromatic rings. The highest BCUT2D eigenvalue weighted by Gasteiger charge is 2.19. The molecule has 2 N–H and O–H groups in total. The summed E-state index contributed by atoms with van der Waals surface area (Å²) in [6.07, 6.45) is 1.66. The van der Waals surface area contributed by atoms with Crippen LogP contribution in [0, 0.1) is 0 Å². The van der Waals surface area contributed by atoms with Crippen molar-refractivity contribution in [1.82, 2.24) is 20.4 Å². The molecule has 184 valence electrons. The van der Waals surface area contributed by atoms with Gasteiger partial charge >= 0.3 is 0 Å². The van der Waals surface area contributed by atoms with E-state index in [1.54, 1.807) is 7.05 Å². The van der Waals surface area contributed by atoms with Gasteiger partial charge in [0.1, 0.15) is 0 Å². The number of morpholine rings is 1. The number of halogens is 1. The summed E-state index contributed by atoms with van der Waals surface area (Å²) in [4.78, 5) is 20.6. The fourth-order valence-corrected chi connectivity index (χ4v) is 4.32. The number of ether oxygens (including phenoxy) is 1. The number of rotatable bonds is 8. The van der Waals surface area contributed by atoms with E-state index in [1.807, 2.05) is 4.90 Å². The molecule has 2 saturated heterocycles. The Balaban J connectivity index is 0.00000324. The molecular weight excluding hydrogens is 541 g/mol. The maximum absolute atomic E-state index is 11.8. The lowest BCUT2D eigenvalue weighted by Gasteiger charge is -2.27. The number of nitrogens with zero attached hydrogens (tertiary/aromatic N) is 3. The summed E-state index contributed by atoms with van der Waals surface area (Å²) in [5, 5.41) is 6.85. The molecule has 7 nitrogen and oxygen atoms in total. The minimum Gasteiger partial charge on any atom is -0.379 e. The molecular formula is C26H36IN5O2. The molecule has 0 unspecified atom stereocenters. The van der Waals surface area contributed by atoms with Crippen LogP contribution in [0.3, 0.4) is 0 Å². The van der Waals surface area contributed by atoms with Crippen LogP contribution in [0.2, 0.25) is 0 Å². The van der Waals surface area contributed by atoms with Crippen LogP contribution < -0.4 is 10.6 Å². The van der Waals surface area contributed by atoms with Gasteiger partial charge in [-0.2, -0.15) is 0 Å². The molecule has 2 aromatic carbocycles. The first-order chi connectivity index (χ1) is 16.2. The number of carbonyl (C=O) groups excluding carboxylic acids is 1. The zero-order valence-corrected chi connectivity index (χ0v) is 22.3. The van der Waals surface area contributed by atoms with Crippen molar-refractivity contribution in [2.24, 2.45) is 4.99 Å². The molecule has 8 heteroatoms. The van der Waals surface area contributed by atoms with Gasteiger partial charge in [0.05, 0.1) is 13.2 Å². The maximum Gasteiger partial charge on any atom is 0.222 e. The van der Waals surface area contributed by atoms with Gasteiger partial charge in [0.15, 0.2) is 5.96 Å². The topological polar surface area (TPSA) is 69.2 Å². The average Bonchev–Trinajstić information content (AvgIpc) is 3.26. The van der Waals surface area contributed by atoms with Crippen LogP contribution in [0.15, 0.2) is 53.5 Å². The third kappa shape index (κ3) is 7.68. The molecule has 0 bridgehead atoms. The van der Waals surface area contributed by atoms with E-state index < -0.39 is 0 Å². The number of guanidine groups is 1. The Hall–Kier alpha value is -2.17. The summed E-state index contributed by atoms with van der Waals surface area (Å²) in [7, 11) is 1.80. The number of amides is 1. The van der Waals surface area contributed by atoms with E-state index in [4.69, 9.17) is 4.74 Å². The van der Waals surface area contributed by atoms with Gasteiger partial charge in [0.25, 0.3) is 0 Å². The highest BCUT2D eigenvalue weighted by molar-refractivity contribution is 14.0. The quantitative estimate of drug-likeness (QED) is 0.287. The van der Waals surface area contributed by atoms with Crippen molar-refractivity contribution in [2.45, 2.75) is 39.0 Å². The molecule has 34 heavy (non-hydrogen) atoms.